The Morgan fingerprint density at radius 3 is 1.26 bits per heavy atom. The summed E-state index contributed by atoms with van der Waals surface area (Å²) in [5, 5.41) is 9.04. The maximum Gasteiger partial charge on any atom is 0.0541 e. The Kier molecular flexibility index (Phi) is 9.35. The van der Waals surface area contributed by atoms with E-state index < -0.39 is 0 Å². The maximum atomic E-state index is 3.94. The quantitative estimate of drug-likeness (QED) is 0.140. The maximum absolute atomic E-state index is 3.94. The largest absolute Gasteiger partial charge is 0.355 e. The van der Waals surface area contributed by atoms with E-state index in [0.29, 0.717) is 0 Å². The normalized spacial score (nSPS) is 11.6. The lowest BCUT2D eigenvalue weighted by Gasteiger charge is -2.18. The van der Waals surface area contributed by atoms with Gasteiger partial charge in [0.25, 0.3) is 0 Å². The van der Waals surface area contributed by atoms with Crippen LogP contribution in [0.15, 0.2) is 182 Å². The van der Waals surface area contributed by atoms with Crippen LogP contribution in [0.1, 0.15) is 44.2 Å². The molecule has 0 saturated carbocycles. The van der Waals surface area contributed by atoms with Gasteiger partial charge in [-0.2, -0.15) is 0 Å². The fraction of sp³-hybridized carbons (Fsp3) is 0.127. The number of rotatable bonds is 11. The molecule has 10 rings (SSSR count). The number of nitrogens with zero attached hydrogens (tertiary/aromatic N) is 2. The van der Waals surface area contributed by atoms with Gasteiger partial charge in [0.1, 0.15) is 0 Å². The third-order valence-electron chi connectivity index (χ3n) is 11.8. The highest BCUT2D eigenvalue weighted by Crippen LogP contribution is 2.39. The number of hydrogen-bond donors (Lipinski definition) is 1. The molecule has 282 valence electrons. The Balaban J connectivity index is 1.00. The number of benzene rings is 8. The van der Waals surface area contributed by atoms with Crippen molar-refractivity contribution in [3.05, 3.63) is 193 Å². The first kappa shape index (κ1) is 35.6. The summed E-state index contributed by atoms with van der Waals surface area (Å²) in [6, 6.07) is 66.9. The lowest BCUT2D eigenvalue weighted by Crippen LogP contribution is -2.01. The lowest BCUT2D eigenvalue weighted by atomic mass is 9.96. The third-order valence-corrected chi connectivity index (χ3v) is 11.8. The van der Waals surface area contributed by atoms with E-state index in [1.807, 2.05) is 0 Å². The molecule has 8 aromatic carbocycles. The number of anilines is 2. The summed E-state index contributed by atoms with van der Waals surface area (Å²) in [6.07, 6.45) is 5.40. The fourth-order valence-corrected chi connectivity index (χ4v) is 9.00. The minimum absolute atomic E-state index is 1.00. The standard InChI is InChI=1S/C55H47N3/c1-3-5-17-43-35-39(41-29-33-55-49(37-41)47-23-13-15-25-53(47)58(55)45-20-10-7-11-21-45)27-31-51(43)56-50-30-26-38(34-42(50)16-4-2)40-28-32-54-48(36-40)46-22-12-14-24-52(46)57(54)44-18-8-6-9-19-44/h6-15,18-37,56H,3-5,16-17H2,1-2H3. The molecule has 0 bridgehead atoms. The van der Waals surface area contributed by atoms with Gasteiger partial charge in [-0.15, -0.1) is 0 Å². The molecule has 0 fully saturated rings. The summed E-state index contributed by atoms with van der Waals surface area (Å²) < 4.78 is 4.77. The highest BCUT2D eigenvalue weighted by atomic mass is 15.0. The van der Waals surface area contributed by atoms with Crippen molar-refractivity contribution in [1.29, 1.82) is 0 Å². The Morgan fingerprint density at radius 1 is 0.362 bits per heavy atom. The van der Waals surface area contributed by atoms with Crippen LogP contribution in [0.25, 0.3) is 77.2 Å². The minimum atomic E-state index is 1.00. The number of unbranched alkanes of at least 4 members (excludes halogenated alkanes) is 1. The molecule has 0 aliphatic heterocycles. The average Bonchev–Trinajstić information content (AvgIpc) is 3.79. The minimum Gasteiger partial charge on any atom is -0.355 e. The van der Waals surface area contributed by atoms with Crippen LogP contribution in [0.4, 0.5) is 11.4 Å². The summed E-state index contributed by atoms with van der Waals surface area (Å²) >= 11 is 0. The third kappa shape index (κ3) is 6.33. The SMILES string of the molecule is CCCCc1cc(-c2ccc3c(c2)c2ccccc2n3-c2ccccc2)ccc1Nc1ccc(-c2ccc3c(c2)c2ccccc2n3-c2ccccc2)cc1CCC. The molecule has 0 aliphatic carbocycles. The highest BCUT2D eigenvalue weighted by molar-refractivity contribution is 6.11. The van der Waals surface area contributed by atoms with Gasteiger partial charge in [0.15, 0.2) is 0 Å². The van der Waals surface area contributed by atoms with Gasteiger partial charge >= 0.3 is 0 Å². The highest BCUT2D eigenvalue weighted by Gasteiger charge is 2.16. The Hall–Kier alpha value is -6.84. The van der Waals surface area contributed by atoms with E-state index in [0.717, 1.165) is 32.1 Å². The molecule has 10 aromatic rings. The van der Waals surface area contributed by atoms with Gasteiger partial charge in [-0.05, 0) is 138 Å². The smallest absolute Gasteiger partial charge is 0.0541 e. The Labute approximate surface area is 340 Å². The summed E-state index contributed by atoms with van der Waals surface area (Å²) in [4.78, 5) is 0. The van der Waals surface area contributed by atoms with Crippen molar-refractivity contribution in [2.24, 2.45) is 0 Å². The molecule has 0 atom stereocenters. The first-order valence-electron chi connectivity index (χ1n) is 20.9. The monoisotopic (exact) mass is 749 g/mol. The topological polar surface area (TPSA) is 21.9 Å². The molecule has 2 aromatic heterocycles. The van der Waals surface area contributed by atoms with Gasteiger partial charge < -0.3 is 14.5 Å². The predicted molar refractivity (Wildman–Crippen MR) is 248 cm³/mol. The molecule has 0 aliphatic rings. The molecule has 0 amide bonds. The molecular formula is C55H47N3. The van der Waals surface area contributed by atoms with Crippen LogP contribution in [0, 0.1) is 0 Å². The van der Waals surface area contributed by atoms with Crippen LogP contribution in [0.2, 0.25) is 0 Å². The van der Waals surface area contributed by atoms with Crippen molar-refractivity contribution < 1.29 is 0 Å². The van der Waals surface area contributed by atoms with Crippen molar-refractivity contribution in [2.75, 3.05) is 5.32 Å². The van der Waals surface area contributed by atoms with E-state index in [2.05, 4.69) is 210 Å². The lowest BCUT2D eigenvalue weighted by molar-refractivity contribution is 0.796. The zero-order chi connectivity index (χ0) is 39.0. The molecule has 3 heteroatoms. The van der Waals surface area contributed by atoms with E-state index in [1.165, 1.54) is 99.7 Å². The number of hydrogen-bond acceptors (Lipinski definition) is 1. The molecule has 0 unspecified atom stereocenters. The Bertz CT molecular complexity index is 3080. The molecule has 58 heavy (non-hydrogen) atoms. The van der Waals surface area contributed by atoms with Crippen LogP contribution in [0.5, 0.6) is 0 Å². The second-order valence-electron chi connectivity index (χ2n) is 15.6. The molecule has 0 radical (unpaired) electrons. The van der Waals surface area contributed by atoms with E-state index >= 15 is 0 Å². The number of aromatic nitrogens is 2. The van der Waals surface area contributed by atoms with Crippen molar-refractivity contribution in [3.8, 4) is 33.6 Å². The van der Waals surface area contributed by atoms with Crippen molar-refractivity contribution in [1.82, 2.24) is 9.13 Å². The van der Waals surface area contributed by atoms with E-state index in [1.54, 1.807) is 0 Å². The van der Waals surface area contributed by atoms with Gasteiger partial charge in [0.05, 0.1) is 22.1 Å². The van der Waals surface area contributed by atoms with Crippen LogP contribution in [-0.4, -0.2) is 9.13 Å². The molecule has 2 heterocycles. The summed E-state index contributed by atoms with van der Waals surface area (Å²) in [6.45, 7) is 4.55. The number of aryl methyl sites for hydroxylation is 2. The van der Waals surface area contributed by atoms with Gasteiger partial charge in [0, 0.05) is 44.3 Å². The van der Waals surface area contributed by atoms with Crippen molar-refractivity contribution >= 4 is 55.0 Å². The zero-order valence-corrected chi connectivity index (χ0v) is 33.3. The number of para-hydroxylation sites is 4. The molecule has 3 nitrogen and oxygen atoms in total. The van der Waals surface area contributed by atoms with Gasteiger partial charge in [-0.1, -0.05) is 124 Å². The van der Waals surface area contributed by atoms with Gasteiger partial charge in [0.2, 0.25) is 0 Å². The van der Waals surface area contributed by atoms with E-state index in [-0.39, 0.29) is 0 Å². The van der Waals surface area contributed by atoms with Gasteiger partial charge in [-0.25, -0.2) is 0 Å². The zero-order valence-electron chi connectivity index (χ0n) is 33.3. The van der Waals surface area contributed by atoms with Crippen LogP contribution >= 0.6 is 0 Å². The first-order valence-corrected chi connectivity index (χ1v) is 20.9. The van der Waals surface area contributed by atoms with Gasteiger partial charge in [-0.3, -0.25) is 0 Å². The summed E-state index contributed by atoms with van der Waals surface area (Å²) in [5.74, 6) is 0. The predicted octanol–water partition coefficient (Wildman–Crippen LogP) is 15.3. The second-order valence-corrected chi connectivity index (χ2v) is 15.6. The fourth-order valence-electron chi connectivity index (χ4n) is 9.00. The summed E-state index contributed by atoms with van der Waals surface area (Å²) in [5.41, 5.74) is 17.4. The van der Waals surface area contributed by atoms with Crippen LogP contribution in [-0.2, 0) is 12.8 Å². The second kappa shape index (κ2) is 15.2. The molecule has 1 N–H and O–H groups in total. The first-order chi connectivity index (χ1) is 28.7. The van der Waals surface area contributed by atoms with E-state index in [4.69, 9.17) is 0 Å². The molecule has 0 saturated heterocycles. The number of fused-ring (bicyclic) bond motifs is 6. The molecule has 0 spiro atoms. The van der Waals surface area contributed by atoms with Crippen molar-refractivity contribution in [3.63, 3.8) is 0 Å². The number of nitrogens with one attached hydrogen (secondary N) is 1. The average molecular weight is 750 g/mol. The van der Waals surface area contributed by atoms with Crippen molar-refractivity contribution in [2.45, 2.75) is 46.0 Å². The van der Waals surface area contributed by atoms with E-state index in [9.17, 15) is 0 Å². The Morgan fingerprint density at radius 2 is 0.776 bits per heavy atom. The van der Waals surface area contributed by atoms with Crippen LogP contribution < -0.4 is 5.32 Å². The summed E-state index contributed by atoms with van der Waals surface area (Å²) in [7, 11) is 0. The molecular weight excluding hydrogens is 703 g/mol. The van der Waals surface area contributed by atoms with Crippen LogP contribution in [0.3, 0.4) is 0 Å².